The molecule has 0 bridgehead atoms. The zero-order valence-corrected chi connectivity index (χ0v) is 23.1. The third kappa shape index (κ3) is 14.8. The van der Waals surface area contributed by atoms with Gasteiger partial charge in [0.05, 0.1) is 24.0 Å². The Morgan fingerprint density at radius 1 is 1.33 bits per heavy atom. The second kappa shape index (κ2) is 17.1. The van der Waals surface area contributed by atoms with Gasteiger partial charge in [0.1, 0.15) is 6.61 Å². The van der Waals surface area contributed by atoms with Crippen molar-refractivity contribution in [1.29, 1.82) is 0 Å². The van der Waals surface area contributed by atoms with Crippen LogP contribution in [0.15, 0.2) is 59.9 Å². The molecule has 8 nitrogen and oxygen atoms in total. The predicted molar refractivity (Wildman–Crippen MR) is 147 cm³/mol. The summed E-state index contributed by atoms with van der Waals surface area (Å²) in [5.41, 5.74) is 1.41. The number of alkyl halides is 3. The van der Waals surface area contributed by atoms with Crippen molar-refractivity contribution in [3.63, 3.8) is 0 Å². The summed E-state index contributed by atoms with van der Waals surface area (Å²) in [6.45, 7) is 5.68. The molecule has 0 aliphatic heterocycles. The van der Waals surface area contributed by atoms with Gasteiger partial charge in [-0.05, 0) is 37.5 Å². The molecule has 0 saturated heterocycles. The average Bonchev–Trinajstić information content (AvgIpc) is 3.21. The van der Waals surface area contributed by atoms with E-state index < -0.39 is 18.7 Å². The maximum atomic E-state index is 12.2. The third-order valence-electron chi connectivity index (χ3n) is 5.47. The highest BCUT2D eigenvalue weighted by atomic mass is 19.4. The monoisotopic (exact) mass is 552 g/mol. The Bertz CT molecular complexity index is 1090. The number of allylic oxidation sites excluding steroid dienone is 7. The van der Waals surface area contributed by atoms with E-state index in [1.54, 1.807) is 49.9 Å². The van der Waals surface area contributed by atoms with Crippen molar-refractivity contribution in [1.82, 2.24) is 15.1 Å². The van der Waals surface area contributed by atoms with Gasteiger partial charge in [-0.3, -0.25) is 14.3 Å². The number of anilines is 1. The fourth-order valence-electron chi connectivity index (χ4n) is 3.07. The highest BCUT2D eigenvalue weighted by molar-refractivity contribution is 5.92. The highest BCUT2D eigenvalue weighted by Gasteiger charge is 2.27. The molecule has 0 fully saturated rings. The number of ether oxygens (including phenoxy) is 1. The number of halogens is 3. The predicted octanol–water partition coefficient (Wildman–Crippen LogP) is 5.64. The van der Waals surface area contributed by atoms with Gasteiger partial charge in [-0.15, -0.1) is 0 Å². The summed E-state index contributed by atoms with van der Waals surface area (Å²) in [5, 5.41) is 18.5. The molecule has 2 atom stereocenters. The molecule has 0 aromatic carbocycles. The van der Waals surface area contributed by atoms with Gasteiger partial charge < -0.3 is 20.5 Å². The number of hydrogen-bond acceptors (Lipinski definition) is 5. The number of nitrogens with one attached hydrogen (secondary N) is 2. The van der Waals surface area contributed by atoms with Gasteiger partial charge >= 0.3 is 6.18 Å². The standard InChI is InChI=1S/C21H29F3N4O3.C7H10O/c1-5-17(13-31-14-21(22,23)24)9-7-6-8-10-18-11-19(27-28(18)4)26-20(30)15(2)12-25-16(3)29;1-6-4-2-3-5-7(6)8/h5,7-11,15H,6,12-14H2,1-4H3,(H,25,29)(H,26,27,30);2-3,5-6,8H,4H2,1H3/b9-7-,10-8+,17-5+;/t15-;6-/m00/s1. The summed E-state index contributed by atoms with van der Waals surface area (Å²) in [6.07, 6.45) is 11.8. The Balaban J connectivity index is 0.000000806. The van der Waals surface area contributed by atoms with Crippen LogP contribution in [0.5, 0.6) is 0 Å². The van der Waals surface area contributed by atoms with E-state index in [1.165, 1.54) is 6.92 Å². The van der Waals surface area contributed by atoms with E-state index in [9.17, 15) is 22.8 Å². The molecule has 0 unspecified atom stereocenters. The van der Waals surface area contributed by atoms with E-state index in [0.717, 1.165) is 12.1 Å². The number of carbonyl (C=O) groups is 2. The number of hydrogen-bond donors (Lipinski definition) is 3. The molecule has 39 heavy (non-hydrogen) atoms. The van der Waals surface area contributed by atoms with Crippen LogP contribution < -0.4 is 10.6 Å². The molecular formula is C28H39F3N4O4. The summed E-state index contributed by atoms with van der Waals surface area (Å²) >= 11 is 0. The lowest BCUT2D eigenvalue weighted by Gasteiger charge is -2.10. The van der Waals surface area contributed by atoms with Crippen molar-refractivity contribution < 1.29 is 32.6 Å². The third-order valence-corrected chi connectivity index (χ3v) is 5.47. The normalized spacial score (nSPS) is 16.6. The van der Waals surface area contributed by atoms with Gasteiger partial charge in [0, 0.05) is 32.5 Å². The number of aliphatic hydroxyl groups is 1. The average molecular weight is 553 g/mol. The number of amides is 2. The molecule has 2 rings (SSSR count). The minimum atomic E-state index is -4.34. The van der Waals surface area contributed by atoms with Gasteiger partial charge in [0.15, 0.2) is 5.82 Å². The molecule has 0 spiro atoms. The molecular weight excluding hydrogens is 513 g/mol. The lowest BCUT2D eigenvalue weighted by Crippen LogP contribution is -2.32. The van der Waals surface area contributed by atoms with Gasteiger partial charge in [-0.1, -0.05) is 50.3 Å². The van der Waals surface area contributed by atoms with Crippen molar-refractivity contribution in [3.8, 4) is 0 Å². The minimum Gasteiger partial charge on any atom is -0.512 e. The van der Waals surface area contributed by atoms with Crippen LogP contribution in [-0.2, 0) is 21.4 Å². The van der Waals surface area contributed by atoms with Crippen LogP contribution in [0, 0.1) is 11.8 Å². The number of nitrogens with zero attached hydrogens (tertiary/aromatic N) is 2. The zero-order chi connectivity index (χ0) is 29.4. The van der Waals surface area contributed by atoms with Gasteiger partial charge in [-0.2, -0.15) is 18.3 Å². The van der Waals surface area contributed by atoms with Crippen LogP contribution in [-0.4, -0.2) is 52.6 Å². The zero-order valence-electron chi connectivity index (χ0n) is 23.1. The first-order valence-electron chi connectivity index (χ1n) is 12.6. The van der Waals surface area contributed by atoms with E-state index in [2.05, 4.69) is 26.5 Å². The molecule has 2 amide bonds. The summed E-state index contributed by atoms with van der Waals surface area (Å²) in [6, 6.07) is 1.71. The lowest BCUT2D eigenvalue weighted by atomic mass is 10.0. The van der Waals surface area contributed by atoms with Crippen molar-refractivity contribution in [3.05, 3.63) is 65.6 Å². The molecule has 0 saturated carbocycles. The molecule has 216 valence electrons. The molecule has 1 aliphatic carbocycles. The van der Waals surface area contributed by atoms with Crippen molar-refractivity contribution in [2.24, 2.45) is 18.9 Å². The van der Waals surface area contributed by atoms with Crippen LogP contribution in [0.3, 0.4) is 0 Å². The van der Waals surface area contributed by atoms with Crippen molar-refractivity contribution in [2.75, 3.05) is 25.1 Å². The van der Waals surface area contributed by atoms with E-state index in [-0.39, 0.29) is 25.0 Å². The quantitative estimate of drug-likeness (QED) is 0.308. The Morgan fingerprint density at radius 3 is 2.62 bits per heavy atom. The van der Waals surface area contributed by atoms with Gasteiger partial charge in [0.25, 0.3) is 0 Å². The Morgan fingerprint density at radius 2 is 2.05 bits per heavy atom. The first-order valence-corrected chi connectivity index (χ1v) is 12.6. The number of aryl methyl sites for hydroxylation is 1. The van der Waals surface area contributed by atoms with Crippen LogP contribution in [0.4, 0.5) is 19.0 Å². The van der Waals surface area contributed by atoms with Crippen LogP contribution in [0.25, 0.3) is 6.08 Å². The maximum Gasteiger partial charge on any atom is 0.411 e. The second-order valence-electron chi connectivity index (χ2n) is 9.07. The second-order valence-corrected chi connectivity index (χ2v) is 9.07. The van der Waals surface area contributed by atoms with E-state index in [0.29, 0.717) is 29.5 Å². The fraction of sp³-hybridized carbons (Fsp3) is 0.464. The highest BCUT2D eigenvalue weighted by Crippen LogP contribution is 2.16. The van der Waals surface area contributed by atoms with Crippen LogP contribution >= 0.6 is 0 Å². The molecule has 1 aliphatic rings. The van der Waals surface area contributed by atoms with Crippen LogP contribution in [0.2, 0.25) is 0 Å². The summed E-state index contributed by atoms with van der Waals surface area (Å²) in [7, 11) is 1.74. The molecule has 1 aromatic heterocycles. The summed E-state index contributed by atoms with van der Waals surface area (Å²) < 4.78 is 42.6. The van der Waals surface area contributed by atoms with E-state index in [4.69, 9.17) is 5.11 Å². The largest absolute Gasteiger partial charge is 0.512 e. The van der Waals surface area contributed by atoms with Crippen molar-refractivity contribution >= 4 is 23.7 Å². The van der Waals surface area contributed by atoms with Gasteiger partial charge in [-0.25, -0.2) is 0 Å². The topological polar surface area (TPSA) is 105 Å². The maximum absolute atomic E-state index is 12.2. The van der Waals surface area contributed by atoms with E-state index in [1.807, 2.05) is 31.2 Å². The van der Waals surface area contributed by atoms with E-state index >= 15 is 0 Å². The van der Waals surface area contributed by atoms with Crippen LogP contribution in [0.1, 0.15) is 46.2 Å². The molecule has 1 aromatic rings. The number of rotatable bonds is 11. The minimum absolute atomic E-state index is 0.110. The molecule has 3 N–H and O–H groups in total. The Hall–Kier alpha value is -3.60. The summed E-state index contributed by atoms with van der Waals surface area (Å²) in [4.78, 5) is 23.1. The molecule has 1 heterocycles. The molecule has 0 radical (unpaired) electrons. The summed E-state index contributed by atoms with van der Waals surface area (Å²) in [5.74, 6) is 0.380. The first kappa shape index (κ1) is 33.4. The Labute approximate surface area is 228 Å². The van der Waals surface area contributed by atoms with Gasteiger partial charge in [0.2, 0.25) is 11.8 Å². The molecule has 11 heteroatoms. The SMILES string of the molecule is C/C=C(\C=C/C/C=C/c1cc(NC(=O)[C@@H](C)CNC(C)=O)nn1C)COCC(F)(F)F.C[C@H]1CC=CC=C1O. The van der Waals surface area contributed by atoms with Crippen molar-refractivity contribution in [2.45, 2.75) is 46.7 Å². The number of aliphatic hydroxyl groups excluding tert-OH is 1. The number of carbonyl (C=O) groups excluding carboxylic acids is 2. The lowest BCUT2D eigenvalue weighted by molar-refractivity contribution is -0.171. The smallest absolute Gasteiger partial charge is 0.411 e. The number of aromatic nitrogens is 2. The Kier molecular flexibility index (Phi) is 14.6. The first-order chi connectivity index (χ1) is 18.3. The fourth-order valence-corrected chi connectivity index (χ4v) is 3.07.